The van der Waals surface area contributed by atoms with Gasteiger partial charge in [-0.2, -0.15) is 4.99 Å². The van der Waals surface area contributed by atoms with Crippen LogP contribution in [0.2, 0.25) is 0 Å². The van der Waals surface area contributed by atoms with Crippen LogP contribution in [0.5, 0.6) is 0 Å². The second-order valence-electron chi connectivity index (χ2n) is 7.20. The smallest absolute Gasteiger partial charge is 0.205 e. The van der Waals surface area contributed by atoms with Gasteiger partial charge in [0, 0.05) is 5.56 Å². The number of hydrogen-bond acceptors (Lipinski definition) is 4. The Balaban J connectivity index is 1.57. The molecule has 3 rings (SSSR count). The van der Waals surface area contributed by atoms with E-state index in [9.17, 15) is 0 Å². The minimum Gasteiger partial charge on any atom is -0.227 e. The fourth-order valence-corrected chi connectivity index (χ4v) is 3.85. The fraction of sp³-hybridized carbons (Fsp3) is 0.435. The zero-order valence-electron chi connectivity index (χ0n) is 15.8. The van der Waals surface area contributed by atoms with Crippen molar-refractivity contribution in [3.63, 3.8) is 0 Å². The lowest BCUT2D eigenvalue weighted by Gasteiger charge is -2.28. The number of benzene rings is 1. The Kier molecular flexibility index (Phi) is 7.27. The molecule has 0 atom stereocenters. The molecule has 0 amide bonds. The van der Waals surface area contributed by atoms with Gasteiger partial charge in [0.05, 0.1) is 17.6 Å². The van der Waals surface area contributed by atoms with E-state index in [2.05, 4.69) is 75.4 Å². The number of hydrogen-bond donors (Lipinski definition) is 0. The Morgan fingerprint density at radius 3 is 2.37 bits per heavy atom. The Bertz CT molecular complexity index is 832. The van der Waals surface area contributed by atoms with Gasteiger partial charge in [0.1, 0.15) is 5.69 Å². The maximum atomic E-state index is 4.56. The number of nitrogens with zero attached hydrogens (tertiary/aromatic N) is 3. The summed E-state index contributed by atoms with van der Waals surface area (Å²) in [6.45, 7) is 2.28. The molecule has 1 fully saturated rings. The van der Waals surface area contributed by atoms with Crippen molar-refractivity contribution in [1.82, 2.24) is 9.97 Å². The summed E-state index contributed by atoms with van der Waals surface area (Å²) in [5, 5.41) is 2.30. The number of aliphatic imine (C=N–C) groups is 1. The van der Waals surface area contributed by atoms with Gasteiger partial charge in [-0.25, -0.2) is 9.97 Å². The molecular weight excluding hydrogens is 350 g/mol. The van der Waals surface area contributed by atoms with Gasteiger partial charge < -0.3 is 0 Å². The van der Waals surface area contributed by atoms with Crippen LogP contribution in [-0.4, -0.2) is 15.1 Å². The van der Waals surface area contributed by atoms with Crippen LogP contribution in [0.25, 0.3) is 0 Å². The van der Waals surface area contributed by atoms with E-state index in [1.165, 1.54) is 50.5 Å². The largest absolute Gasteiger partial charge is 0.227 e. The van der Waals surface area contributed by atoms with Crippen LogP contribution in [0.15, 0.2) is 41.7 Å². The van der Waals surface area contributed by atoms with Gasteiger partial charge >= 0.3 is 0 Å². The van der Waals surface area contributed by atoms with Crippen LogP contribution in [0, 0.1) is 17.8 Å². The van der Waals surface area contributed by atoms with Gasteiger partial charge in [-0.1, -0.05) is 44.2 Å². The van der Waals surface area contributed by atoms with Crippen molar-refractivity contribution in [2.75, 3.05) is 0 Å². The molecule has 27 heavy (non-hydrogen) atoms. The highest BCUT2D eigenvalue weighted by atomic mass is 32.1. The van der Waals surface area contributed by atoms with E-state index in [0.29, 0.717) is 17.4 Å². The van der Waals surface area contributed by atoms with E-state index in [-0.39, 0.29) is 0 Å². The summed E-state index contributed by atoms with van der Waals surface area (Å²) in [7, 11) is 0. The molecule has 1 aromatic carbocycles. The fourth-order valence-electron chi connectivity index (χ4n) is 3.74. The van der Waals surface area contributed by atoms with Crippen LogP contribution in [-0.2, 0) is 0 Å². The molecule has 0 spiro atoms. The monoisotopic (exact) mass is 375 g/mol. The van der Waals surface area contributed by atoms with E-state index >= 15 is 0 Å². The molecule has 0 bridgehead atoms. The molecule has 1 aliphatic rings. The number of unbranched alkanes of at least 4 members (excludes halogenated alkanes) is 1. The molecule has 1 heterocycles. The summed E-state index contributed by atoms with van der Waals surface area (Å²) in [6.07, 6.45) is 12.7. The maximum Gasteiger partial charge on any atom is 0.205 e. The first-order chi connectivity index (χ1) is 13.3. The predicted molar refractivity (Wildman–Crippen MR) is 113 cm³/mol. The van der Waals surface area contributed by atoms with Gasteiger partial charge in [0.15, 0.2) is 0 Å². The van der Waals surface area contributed by atoms with Gasteiger partial charge in [-0.3, -0.25) is 0 Å². The van der Waals surface area contributed by atoms with Crippen molar-refractivity contribution >= 4 is 23.1 Å². The third-order valence-corrected chi connectivity index (χ3v) is 5.42. The molecule has 1 aromatic heterocycles. The molecule has 1 aliphatic carbocycles. The van der Waals surface area contributed by atoms with E-state index in [1.807, 2.05) is 0 Å². The van der Waals surface area contributed by atoms with Crippen molar-refractivity contribution in [3.8, 4) is 11.8 Å². The molecule has 138 valence electrons. The third kappa shape index (κ3) is 5.82. The van der Waals surface area contributed by atoms with Gasteiger partial charge in [0.25, 0.3) is 0 Å². The maximum absolute atomic E-state index is 4.56. The van der Waals surface area contributed by atoms with Crippen molar-refractivity contribution in [2.45, 2.75) is 57.8 Å². The molecule has 3 nitrogen and oxygen atoms in total. The molecule has 0 aliphatic heterocycles. The lowest BCUT2D eigenvalue weighted by atomic mass is 9.77. The summed E-state index contributed by atoms with van der Waals surface area (Å²) < 4.78 is 0. The van der Waals surface area contributed by atoms with Crippen LogP contribution < -0.4 is 0 Å². The summed E-state index contributed by atoms with van der Waals surface area (Å²) in [6, 6.07) is 8.69. The third-order valence-electron chi connectivity index (χ3n) is 5.33. The highest BCUT2D eigenvalue weighted by molar-refractivity contribution is 7.78. The second kappa shape index (κ2) is 10.1. The normalized spacial score (nSPS) is 18.9. The minimum absolute atomic E-state index is 0.479. The first-order valence-electron chi connectivity index (χ1n) is 9.80. The van der Waals surface area contributed by atoms with E-state index in [4.69, 9.17) is 0 Å². The van der Waals surface area contributed by atoms with Crippen LogP contribution in [0.4, 0.5) is 5.69 Å². The number of rotatable bonds is 5. The van der Waals surface area contributed by atoms with Crippen LogP contribution in [0.1, 0.15) is 74.7 Å². The summed E-state index contributed by atoms with van der Waals surface area (Å²) in [5.74, 6) is 8.27. The molecule has 0 N–H and O–H groups in total. The Morgan fingerprint density at radius 2 is 1.74 bits per heavy atom. The van der Waals surface area contributed by atoms with E-state index in [0.717, 1.165) is 11.5 Å². The Labute approximate surface area is 167 Å². The summed E-state index contributed by atoms with van der Waals surface area (Å²) in [5.41, 5.74) is 3.03. The molecule has 0 unspecified atom stereocenters. The van der Waals surface area contributed by atoms with Crippen LogP contribution in [0.3, 0.4) is 0 Å². The summed E-state index contributed by atoms with van der Waals surface area (Å²) in [4.78, 5) is 12.2. The minimum atomic E-state index is 0.479. The van der Waals surface area contributed by atoms with Crippen molar-refractivity contribution in [3.05, 3.63) is 53.6 Å². The van der Waals surface area contributed by atoms with Gasteiger partial charge in [-0.15, -0.1) is 0 Å². The molecule has 1 saturated carbocycles. The number of isothiocyanates is 1. The average molecular weight is 376 g/mol. The molecular formula is C23H25N3S. The Morgan fingerprint density at radius 1 is 1.04 bits per heavy atom. The van der Waals surface area contributed by atoms with Gasteiger partial charge in [-0.05, 0) is 73.4 Å². The zero-order valence-corrected chi connectivity index (χ0v) is 16.6. The zero-order chi connectivity index (χ0) is 18.9. The highest BCUT2D eigenvalue weighted by Crippen LogP contribution is 2.37. The summed E-state index contributed by atoms with van der Waals surface area (Å²) >= 11 is 4.56. The van der Waals surface area contributed by atoms with E-state index < -0.39 is 0 Å². The topological polar surface area (TPSA) is 38.1 Å². The van der Waals surface area contributed by atoms with Crippen molar-refractivity contribution in [2.24, 2.45) is 10.9 Å². The van der Waals surface area contributed by atoms with Crippen LogP contribution >= 0.6 is 12.2 Å². The molecule has 0 saturated heterocycles. The molecule has 0 radical (unpaired) electrons. The van der Waals surface area contributed by atoms with Gasteiger partial charge in [0.2, 0.25) is 5.82 Å². The molecule has 2 aromatic rings. The first-order valence-corrected chi connectivity index (χ1v) is 10.2. The standard InChI is InChI=1S/C23H25N3S/c1-2-3-4-18-5-10-20(11-6-18)21-12-7-19(8-13-21)9-14-23-24-15-22(16-25-23)26-17-27/h7-8,12-13,15-16,18,20H,2-6,10-11H2,1H3. The lowest BCUT2D eigenvalue weighted by Crippen LogP contribution is -2.13. The second-order valence-corrected chi connectivity index (χ2v) is 7.38. The SMILES string of the molecule is CCCCC1CCC(c2ccc(C#Cc3ncc(N=C=S)cn3)cc2)CC1. The van der Waals surface area contributed by atoms with Crippen molar-refractivity contribution < 1.29 is 0 Å². The predicted octanol–water partition coefficient (Wildman–Crippen LogP) is 6.07. The number of thiocarbonyl (C=S) groups is 1. The lowest BCUT2D eigenvalue weighted by molar-refractivity contribution is 0.304. The van der Waals surface area contributed by atoms with Crippen molar-refractivity contribution in [1.29, 1.82) is 0 Å². The highest BCUT2D eigenvalue weighted by Gasteiger charge is 2.21. The quantitative estimate of drug-likeness (QED) is 0.361. The average Bonchev–Trinajstić information content (AvgIpc) is 2.73. The Hall–Kier alpha value is -2.34. The first kappa shape index (κ1) is 19.4. The molecule has 4 heteroatoms. The number of aromatic nitrogens is 2. The van der Waals surface area contributed by atoms with E-state index in [1.54, 1.807) is 12.4 Å².